The summed E-state index contributed by atoms with van der Waals surface area (Å²) in [6.45, 7) is 7.16. The van der Waals surface area contributed by atoms with Crippen LogP contribution in [0.25, 0.3) is 0 Å². The summed E-state index contributed by atoms with van der Waals surface area (Å²) in [5, 5.41) is 5.42. The molecule has 0 aliphatic rings. The maximum absolute atomic E-state index is 12.6. The van der Waals surface area contributed by atoms with E-state index in [4.69, 9.17) is 0 Å². The lowest BCUT2D eigenvalue weighted by molar-refractivity contribution is -0.116. The Labute approximate surface area is 172 Å². The van der Waals surface area contributed by atoms with Gasteiger partial charge in [0.05, 0.1) is 4.90 Å². The predicted octanol–water partition coefficient (Wildman–Crippen LogP) is 3.27. The van der Waals surface area contributed by atoms with Gasteiger partial charge in [-0.2, -0.15) is 0 Å². The summed E-state index contributed by atoms with van der Waals surface area (Å²) in [6.07, 6.45) is 0.339. The molecule has 0 unspecified atom stereocenters. The lowest BCUT2D eigenvalue weighted by Crippen LogP contribution is -2.29. The molecule has 0 spiro atoms. The van der Waals surface area contributed by atoms with Crippen molar-refractivity contribution >= 4 is 33.2 Å². The molecule has 7 nitrogen and oxygen atoms in total. The average Bonchev–Trinajstić information content (AvgIpc) is 2.60. The summed E-state index contributed by atoms with van der Waals surface area (Å²) < 4.78 is 27.7. The first-order chi connectivity index (χ1) is 13.6. The fourth-order valence-corrected chi connectivity index (χ4v) is 4.59. The second-order valence-corrected chi connectivity index (χ2v) is 8.61. The second kappa shape index (κ2) is 9.67. The van der Waals surface area contributed by atoms with Gasteiger partial charge in [0.2, 0.25) is 21.8 Å². The van der Waals surface area contributed by atoms with Crippen molar-refractivity contribution in [2.45, 2.75) is 45.4 Å². The monoisotopic (exact) mass is 417 g/mol. The molecule has 0 saturated heterocycles. The smallest absolute Gasteiger partial charge is 0.241 e. The fraction of sp³-hybridized carbons (Fsp3) is 0.333. The van der Waals surface area contributed by atoms with Crippen molar-refractivity contribution in [3.63, 3.8) is 0 Å². The molecule has 0 atom stereocenters. The molecule has 3 N–H and O–H groups in total. The van der Waals surface area contributed by atoms with E-state index in [0.717, 1.165) is 5.56 Å². The van der Waals surface area contributed by atoms with Gasteiger partial charge in [-0.05, 0) is 50.1 Å². The van der Waals surface area contributed by atoms with Gasteiger partial charge >= 0.3 is 0 Å². The summed E-state index contributed by atoms with van der Waals surface area (Å²) in [5.41, 5.74) is 3.45. The quantitative estimate of drug-likeness (QED) is 0.613. The Morgan fingerprint density at radius 2 is 1.45 bits per heavy atom. The highest BCUT2D eigenvalue weighted by atomic mass is 32.2. The molecule has 0 fully saturated rings. The Morgan fingerprint density at radius 3 is 2.00 bits per heavy atom. The van der Waals surface area contributed by atoms with E-state index in [0.29, 0.717) is 28.9 Å². The largest absolute Gasteiger partial charge is 0.326 e. The van der Waals surface area contributed by atoms with E-state index in [1.54, 1.807) is 45.0 Å². The molecule has 0 heterocycles. The van der Waals surface area contributed by atoms with E-state index in [1.165, 1.54) is 0 Å². The Bertz CT molecular complexity index is 993. The molecule has 0 aliphatic heterocycles. The third-order valence-corrected chi connectivity index (χ3v) is 6.03. The van der Waals surface area contributed by atoms with E-state index in [9.17, 15) is 18.0 Å². The number of amides is 2. The van der Waals surface area contributed by atoms with Crippen LogP contribution in [-0.2, 0) is 19.6 Å². The van der Waals surface area contributed by atoms with Crippen molar-refractivity contribution in [3.8, 4) is 0 Å². The van der Waals surface area contributed by atoms with E-state index in [-0.39, 0.29) is 29.7 Å². The molecule has 2 rings (SSSR count). The summed E-state index contributed by atoms with van der Waals surface area (Å²) in [5.74, 6) is -0.450. The van der Waals surface area contributed by atoms with Crippen molar-refractivity contribution in [2.24, 2.45) is 0 Å². The minimum Gasteiger partial charge on any atom is -0.326 e. The maximum Gasteiger partial charge on any atom is 0.241 e. The van der Waals surface area contributed by atoms with Gasteiger partial charge in [0.15, 0.2) is 0 Å². The topological polar surface area (TPSA) is 104 Å². The van der Waals surface area contributed by atoms with E-state index in [1.807, 2.05) is 19.1 Å². The molecule has 0 aliphatic carbocycles. The summed E-state index contributed by atoms with van der Waals surface area (Å²) in [6, 6.07) is 10.4. The molecule has 2 amide bonds. The third-order valence-electron chi connectivity index (χ3n) is 4.27. The maximum atomic E-state index is 12.6. The molecule has 8 heteroatoms. The van der Waals surface area contributed by atoms with Crippen LogP contribution in [-0.4, -0.2) is 26.8 Å². The Balaban J connectivity index is 1.95. The number of hydrogen-bond donors (Lipinski definition) is 3. The van der Waals surface area contributed by atoms with Gasteiger partial charge in [-0.25, -0.2) is 13.1 Å². The first-order valence-corrected chi connectivity index (χ1v) is 10.9. The minimum atomic E-state index is -3.71. The first-order valence-electron chi connectivity index (χ1n) is 9.39. The van der Waals surface area contributed by atoms with E-state index in [2.05, 4.69) is 15.4 Å². The van der Waals surface area contributed by atoms with Crippen LogP contribution in [0.1, 0.15) is 36.5 Å². The van der Waals surface area contributed by atoms with Crippen molar-refractivity contribution in [2.75, 3.05) is 17.2 Å². The highest BCUT2D eigenvalue weighted by molar-refractivity contribution is 7.89. The molecule has 0 bridgehead atoms. The van der Waals surface area contributed by atoms with Crippen LogP contribution >= 0.6 is 0 Å². The number of aryl methyl sites for hydroxylation is 3. The molecule has 0 aromatic heterocycles. The Kier molecular flexibility index (Phi) is 7.53. The van der Waals surface area contributed by atoms with Crippen LogP contribution in [0.2, 0.25) is 0 Å². The van der Waals surface area contributed by atoms with Crippen LogP contribution < -0.4 is 15.4 Å². The number of hydrogen-bond acceptors (Lipinski definition) is 4. The van der Waals surface area contributed by atoms with Gasteiger partial charge in [0, 0.05) is 30.8 Å². The zero-order valence-corrected chi connectivity index (χ0v) is 17.9. The molecular weight excluding hydrogens is 390 g/mol. The zero-order chi connectivity index (χ0) is 21.6. The van der Waals surface area contributed by atoms with Crippen molar-refractivity contribution in [1.29, 1.82) is 0 Å². The Morgan fingerprint density at radius 1 is 0.897 bits per heavy atom. The Hall–Kier alpha value is -2.71. The van der Waals surface area contributed by atoms with Gasteiger partial charge in [-0.1, -0.05) is 30.7 Å². The number of carbonyl (C=O) groups is 2. The van der Waals surface area contributed by atoms with Crippen LogP contribution in [0.5, 0.6) is 0 Å². The van der Waals surface area contributed by atoms with Crippen LogP contribution in [0.3, 0.4) is 0 Å². The predicted molar refractivity (Wildman–Crippen MR) is 114 cm³/mol. The van der Waals surface area contributed by atoms with Crippen molar-refractivity contribution < 1.29 is 18.0 Å². The average molecular weight is 418 g/mol. The van der Waals surface area contributed by atoms with Gasteiger partial charge in [-0.15, -0.1) is 0 Å². The number of benzene rings is 2. The standard InChI is InChI=1S/C21H27N3O4S/c1-5-19(25)23-17-7-6-8-18(13-17)24-20(26)9-10-22-29(27,28)21-15(3)11-14(2)12-16(21)4/h6-8,11-13,22H,5,9-10H2,1-4H3,(H,23,25)(H,24,26). The molecule has 0 radical (unpaired) electrons. The van der Waals surface area contributed by atoms with Crippen LogP contribution in [0.4, 0.5) is 11.4 Å². The third kappa shape index (κ3) is 6.40. The number of rotatable bonds is 8. The summed E-state index contributed by atoms with van der Waals surface area (Å²) >= 11 is 0. The van der Waals surface area contributed by atoms with Crippen molar-refractivity contribution in [1.82, 2.24) is 4.72 Å². The molecular formula is C21H27N3O4S. The number of sulfonamides is 1. The van der Waals surface area contributed by atoms with E-state index < -0.39 is 10.0 Å². The molecule has 2 aromatic carbocycles. The van der Waals surface area contributed by atoms with Crippen molar-refractivity contribution in [3.05, 3.63) is 53.1 Å². The summed E-state index contributed by atoms with van der Waals surface area (Å²) in [4.78, 5) is 23.9. The molecule has 0 saturated carbocycles. The second-order valence-electron chi connectivity index (χ2n) is 6.91. The molecule has 2 aromatic rings. The minimum absolute atomic E-state index is 0.0191. The lowest BCUT2D eigenvalue weighted by atomic mass is 10.1. The van der Waals surface area contributed by atoms with Crippen LogP contribution in [0, 0.1) is 20.8 Å². The SMILES string of the molecule is CCC(=O)Nc1cccc(NC(=O)CCNS(=O)(=O)c2c(C)cc(C)cc2C)c1. The van der Waals surface area contributed by atoms with Gasteiger partial charge in [0.25, 0.3) is 0 Å². The van der Waals surface area contributed by atoms with Gasteiger partial charge < -0.3 is 10.6 Å². The fourth-order valence-electron chi connectivity index (χ4n) is 3.11. The van der Waals surface area contributed by atoms with Gasteiger partial charge in [-0.3, -0.25) is 9.59 Å². The molecule has 29 heavy (non-hydrogen) atoms. The highest BCUT2D eigenvalue weighted by Gasteiger charge is 2.19. The first kappa shape index (κ1) is 22.6. The number of nitrogens with one attached hydrogen (secondary N) is 3. The zero-order valence-electron chi connectivity index (χ0n) is 17.1. The molecule has 156 valence electrons. The number of carbonyl (C=O) groups excluding carboxylic acids is 2. The van der Waals surface area contributed by atoms with Crippen LogP contribution in [0.15, 0.2) is 41.3 Å². The summed E-state index contributed by atoms with van der Waals surface area (Å²) in [7, 11) is -3.71. The normalized spacial score (nSPS) is 11.2. The number of anilines is 2. The van der Waals surface area contributed by atoms with E-state index >= 15 is 0 Å². The van der Waals surface area contributed by atoms with Gasteiger partial charge in [0.1, 0.15) is 0 Å². The lowest BCUT2D eigenvalue weighted by Gasteiger charge is -2.13. The highest BCUT2D eigenvalue weighted by Crippen LogP contribution is 2.21.